The molecule has 3 nitrogen and oxygen atoms in total. The van der Waals surface area contributed by atoms with Gasteiger partial charge in [0.1, 0.15) is 17.9 Å². The molecule has 0 aliphatic carbocycles. The minimum absolute atomic E-state index is 0.581. The number of ether oxygens (including phenoxy) is 1. The van der Waals surface area contributed by atoms with E-state index in [0.717, 1.165) is 28.0 Å². The zero-order valence-electron chi connectivity index (χ0n) is 11.1. The van der Waals surface area contributed by atoms with Gasteiger partial charge in [-0.05, 0) is 30.2 Å². The molecule has 3 aromatic rings. The van der Waals surface area contributed by atoms with E-state index in [9.17, 15) is 0 Å². The molecule has 0 bridgehead atoms. The highest BCUT2D eigenvalue weighted by molar-refractivity contribution is 5.91. The Kier molecular flexibility index (Phi) is 2.39. The SMILES string of the molecule is Cc1c2c(cc3ncoc13)C(c1ccccc1)=CCO2. The summed E-state index contributed by atoms with van der Waals surface area (Å²) in [6, 6.07) is 12.4. The Morgan fingerprint density at radius 2 is 2.00 bits per heavy atom. The van der Waals surface area contributed by atoms with Crippen molar-refractivity contribution >= 4 is 16.7 Å². The zero-order valence-corrected chi connectivity index (χ0v) is 11.1. The monoisotopic (exact) mass is 263 g/mol. The summed E-state index contributed by atoms with van der Waals surface area (Å²) < 4.78 is 11.3. The summed E-state index contributed by atoms with van der Waals surface area (Å²) in [5, 5.41) is 0. The van der Waals surface area contributed by atoms with E-state index in [0.29, 0.717) is 6.61 Å². The van der Waals surface area contributed by atoms with E-state index in [1.54, 1.807) is 0 Å². The molecule has 4 rings (SSSR count). The van der Waals surface area contributed by atoms with E-state index in [4.69, 9.17) is 9.15 Å². The van der Waals surface area contributed by atoms with Crippen LogP contribution in [0.4, 0.5) is 0 Å². The molecule has 1 aliphatic rings. The summed E-state index contributed by atoms with van der Waals surface area (Å²) in [6.45, 7) is 2.60. The van der Waals surface area contributed by atoms with E-state index < -0.39 is 0 Å². The van der Waals surface area contributed by atoms with Crippen LogP contribution in [0.15, 0.2) is 53.3 Å². The van der Waals surface area contributed by atoms with Gasteiger partial charge in [0.15, 0.2) is 12.0 Å². The van der Waals surface area contributed by atoms with Crippen LogP contribution in [0.25, 0.3) is 16.7 Å². The van der Waals surface area contributed by atoms with Crippen molar-refractivity contribution in [3.63, 3.8) is 0 Å². The van der Waals surface area contributed by atoms with Crippen LogP contribution in [-0.4, -0.2) is 11.6 Å². The van der Waals surface area contributed by atoms with Crippen molar-refractivity contribution < 1.29 is 9.15 Å². The van der Waals surface area contributed by atoms with Gasteiger partial charge in [-0.25, -0.2) is 4.98 Å². The maximum absolute atomic E-state index is 5.82. The molecule has 0 N–H and O–H groups in total. The van der Waals surface area contributed by atoms with Gasteiger partial charge < -0.3 is 9.15 Å². The van der Waals surface area contributed by atoms with Gasteiger partial charge in [0.05, 0.1) is 0 Å². The Morgan fingerprint density at radius 1 is 1.15 bits per heavy atom. The van der Waals surface area contributed by atoms with Gasteiger partial charge in [0.2, 0.25) is 0 Å². The Balaban J connectivity index is 1.99. The number of fused-ring (bicyclic) bond motifs is 2. The lowest BCUT2D eigenvalue weighted by Gasteiger charge is -2.20. The summed E-state index contributed by atoms with van der Waals surface area (Å²) in [5.74, 6) is 0.899. The van der Waals surface area contributed by atoms with Gasteiger partial charge in [0.25, 0.3) is 0 Å². The average molecular weight is 263 g/mol. The lowest BCUT2D eigenvalue weighted by molar-refractivity contribution is 0.355. The van der Waals surface area contributed by atoms with Crippen LogP contribution in [-0.2, 0) is 0 Å². The van der Waals surface area contributed by atoms with Crippen LogP contribution < -0.4 is 4.74 Å². The van der Waals surface area contributed by atoms with Crippen molar-refractivity contribution in [3.05, 3.63) is 65.6 Å². The van der Waals surface area contributed by atoms with Gasteiger partial charge in [-0.1, -0.05) is 30.3 Å². The molecule has 0 atom stereocenters. The fraction of sp³-hybridized carbons (Fsp3) is 0.118. The first-order valence-corrected chi connectivity index (χ1v) is 6.60. The standard InChI is InChI=1S/C17H13NO2/c1-11-16-14(9-15-17(11)20-10-18-15)13(7-8-19-16)12-5-3-2-4-6-12/h2-7,9-10H,8H2,1H3. The number of aryl methyl sites for hydroxylation is 1. The summed E-state index contributed by atoms with van der Waals surface area (Å²) >= 11 is 0. The Hall–Kier alpha value is -2.55. The maximum Gasteiger partial charge on any atom is 0.181 e. The third-order valence-electron chi connectivity index (χ3n) is 3.69. The Labute approximate surface area is 116 Å². The third-order valence-corrected chi connectivity index (χ3v) is 3.69. The molecule has 0 amide bonds. The molecular weight excluding hydrogens is 250 g/mol. The summed E-state index contributed by atoms with van der Waals surface area (Å²) in [6.07, 6.45) is 3.60. The van der Waals surface area contributed by atoms with E-state index >= 15 is 0 Å². The van der Waals surface area contributed by atoms with Crippen molar-refractivity contribution in [2.24, 2.45) is 0 Å². The van der Waals surface area contributed by atoms with Gasteiger partial charge in [-0.2, -0.15) is 0 Å². The minimum atomic E-state index is 0.581. The lowest BCUT2D eigenvalue weighted by atomic mass is 9.93. The van der Waals surface area contributed by atoms with Gasteiger partial charge in [-0.3, -0.25) is 0 Å². The summed E-state index contributed by atoms with van der Waals surface area (Å²) in [4.78, 5) is 4.27. The van der Waals surface area contributed by atoms with Crippen molar-refractivity contribution in [1.82, 2.24) is 4.98 Å². The molecule has 0 fully saturated rings. The molecule has 0 radical (unpaired) electrons. The van der Waals surface area contributed by atoms with Crippen LogP contribution in [0.2, 0.25) is 0 Å². The molecule has 2 heterocycles. The van der Waals surface area contributed by atoms with Crippen LogP contribution in [0.3, 0.4) is 0 Å². The minimum Gasteiger partial charge on any atom is -0.488 e. The van der Waals surface area contributed by atoms with E-state index in [1.807, 2.05) is 31.2 Å². The highest BCUT2D eigenvalue weighted by atomic mass is 16.5. The lowest BCUT2D eigenvalue weighted by Crippen LogP contribution is -2.07. The second kappa shape index (κ2) is 4.23. The first kappa shape index (κ1) is 11.3. The summed E-state index contributed by atoms with van der Waals surface area (Å²) in [7, 11) is 0. The smallest absolute Gasteiger partial charge is 0.181 e. The summed E-state index contributed by atoms with van der Waals surface area (Å²) in [5.41, 5.74) is 6.16. The molecule has 0 unspecified atom stereocenters. The van der Waals surface area contributed by atoms with E-state index in [1.165, 1.54) is 17.5 Å². The highest BCUT2D eigenvalue weighted by Gasteiger charge is 2.21. The second-order valence-corrected chi connectivity index (χ2v) is 4.87. The molecule has 1 aliphatic heterocycles. The van der Waals surface area contributed by atoms with E-state index in [2.05, 4.69) is 23.2 Å². The molecule has 98 valence electrons. The van der Waals surface area contributed by atoms with E-state index in [-0.39, 0.29) is 0 Å². The van der Waals surface area contributed by atoms with Crippen LogP contribution in [0, 0.1) is 6.92 Å². The molecule has 2 aromatic carbocycles. The molecule has 0 saturated carbocycles. The normalized spacial score (nSPS) is 13.8. The number of aromatic nitrogens is 1. The second-order valence-electron chi connectivity index (χ2n) is 4.87. The molecular formula is C17H13NO2. The fourth-order valence-corrected chi connectivity index (χ4v) is 2.74. The van der Waals surface area contributed by atoms with Crippen molar-refractivity contribution in [2.45, 2.75) is 6.92 Å². The third kappa shape index (κ3) is 1.56. The largest absolute Gasteiger partial charge is 0.488 e. The molecule has 0 saturated heterocycles. The Morgan fingerprint density at radius 3 is 2.85 bits per heavy atom. The van der Waals surface area contributed by atoms with Crippen molar-refractivity contribution in [2.75, 3.05) is 6.61 Å². The van der Waals surface area contributed by atoms with Crippen molar-refractivity contribution in [3.8, 4) is 5.75 Å². The predicted molar refractivity (Wildman–Crippen MR) is 77.8 cm³/mol. The number of rotatable bonds is 1. The molecule has 20 heavy (non-hydrogen) atoms. The molecule has 3 heteroatoms. The van der Waals surface area contributed by atoms with Gasteiger partial charge in [0, 0.05) is 11.1 Å². The van der Waals surface area contributed by atoms with Crippen molar-refractivity contribution in [1.29, 1.82) is 0 Å². The molecule has 1 aromatic heterocycles. The Bertz CT molecular complexity index is 816. The fourth-order valence-electron chi connectivity index (χ4n) is 2.74. The maximum atomic E-state index is 5.82. The van der Waals surface area contributed by atoms with Crippen LogP contribution in [0.5, 0.6) is 5.75 Å². The first-order valence-electron chi connectivity index (χ1n) is 6.60. The van der Waals surface area contributed by atoms with Gasteiger partial charge >= 0.3 is 0 Å². The average Bonchev–Trinajstić information content (AvgIpc) is 2.97. The van der Waals surface area contributed by atoms with Crippen LogP contribution in [0.1, 0.15) is 16.7 Å². The number of hydrogen-bond donors (Lipinski definition) is 0. The van der Waals surface area contributed by atoms with Crippen LogP contribution >= 0.6 is 0 Å². The highest BCUT2D eigenvalue weighted by Crippen LogP contribution is 2.39. The number of oxazole rings is 1. The number of nitrogens with zero attached hydrogens (tertiary/aromatic N) is 1. The van der Waals surface area contributed by atoms with Gasteiger partial charge in [-0.15, -0.1) is 0 Å². The topological polar surface area (TPSA) is 35.3 Å². The predicted octanol–water partition coefficient (Wildman–Crippen LogP) is 3.96. The first-order chi connectivity index (χ1) is 9.84. The number of hydrogen-bond acceptors (Lipinski definition) is 3. The zero-order chi connectivity index (χ0) is 13.5. The number of benzene rings is 2. The quantitative estimate of drug-likeness (QED) is 0.666. The molecule has 0 spiro atoms.